The molecule has 0 saturated carbocycles. The molecule has 21 heavy (non-hydrogen) atoms. The summed E-state index contributed by atoms with van der Waals surface area (Å²) in [7, 11) is 0. The third-order valence-electron chi connectivity index (χ3n) is 3.31. The van der Waals surface area contributed by atoms with Gasteiger partial charge in [0.05, 0.1) is 11.6 Å². The fraction of sp³-hybridized carbons (Fsp3) is 0.588. The zero-order valence-electron chi connectivity index (χ0n) is 13.9. The summed E-state index contributed by atoms with van der Waals surface area (Å²) < 4.78 is 5.46. The Morgan fingerprint density at radius 2 is 1.71 bits per heavy atom. The van der Waals surface area contributed by atoms with E-state index in [0.717, 1.165) is 5.56 Å². The molecule has 0 saturated heterocycles. The van der Waals surface area contributed by atoms with E-state index in [1.165, 1.54) is 0 Å². The Hall–Kier alpha value is -1.55. The van der Waals surface area contributed by atoms with E-state index in [-0.39, 0.29) is 6.04 Å². The molecule has 0 radical (unpaired) electrons. The first kappa shape index (κ1) is 17.5. The highest BCUT2D eigenvalue weighted by Crippen LogP contribution is 2.21. The molecule has 1 N–H and O–H groups in total. The number of rotatable bonds is 4. The molecule has 0 spiro atoms. The molecular formula is C17H27NO3. The van der Waals surface area contributed by atoms with E-state index in [9.17, 15) is 9.90 Å². The largest absolute Gasteiger partial charge is 0.444 e. The minimum absolute atomic E-state index is 0.368. The fourth-order valence-electron chi connectivity index (χ4n) is 1.84. The number of amides is 1. The van der Waals surface area contributed by atoms with Crippen molar-refractivity contribution in [3.05, 3.63) is 35.9 Å². The highest BCUT2D eigenvalue weighted by Gasteiger charge is 2.34. The molecule has 0 aliphatic heterocycles. The topological polar surface area (TPSA) is 49.8 Å². The van der Waals surface area contributed by atoms with E-state index < -0.39 is 17.3 Å². The van der Waals surface area contributed by atoms with Crippen molar-refractivity contribution in [3.8, 4) is 0 Å². The van der Waals surface area contributed by atoms with Gasteiger partial charge in [-0.05, 0) is 47.1 Å². The maximum absolute atomic E-state index is 12.4. The van der Waals surface area contributed by atoms with E-state index in [4.69, 9.17) is 4.74 Å². The summed E-state index contributed by atoms with van der Waals surface area (Å²) in [6.07, 6.45) is -0.416. The van der Waals surface area contributed by atoms with Crippen LogP contribution in [0.5, 0.6) is 0 Å². The number of hydrogen-bond acceptors (Lipinski definition) is 3. The summed E-state index contributed by atoms with van der Waals surface area (Å²) >= 11 is 0. The highest BCUT2D eigenvalue weighted by atomic mass is 16.6. The van der Waals surface area contributed by atoms with Crippen LogP contribution < -0.4 is 0 Å². The van der Waals surface area contributed by atoms with Crippen molar-refractivity contribution in [1.29, 1.82) is 0 Å². The van der Waals surface area contributed by atoms with Gasteiger partial charge in [-0.1, -0.05) is 30.3 Å². The Labute approximate surface area is 127 Å². The normalized spacial score (nSPS) is 13.7. The first-order chi connectivity index (χ1) is 9.50. The zero-order chi connectivity index (χ0) is 16.3. The maximum atomic E-state index is 12.4. The molecule has 4 nitrogen and oxygen atoms in total. The molecule has 0 aromatic heterocycles. The minimum Gasteiger partial charge on any atom is -0.444 e. The van der Waals surface area contributed by atoms with Crippen molar-refractivity contribution < 1.29 is 14.6 Å². The summed E-state index contributed by atoms with van der Waals surface area (Å²) in [4.78, 5) is 14.0. The summed E-state index contributed by atoms with van der Waals surface area (Å²) in [5.74, 6) is 0. The van der Waals surface area contributed by atoms with Crippen molar-refractivity contribution in [3.63, 3.8) is 0 Å². The summed E-state index contributed by atoms with van der Waals surface area (Å²) in [5, 5.41) is 10.2. The van der Waals surface area contributed by atoms with Crippen LogP contribution in [0.25, 0.3) is 0 Å². The van der Waals surface area contributed by atoms with Gasteiger partial charge in [0.2, 0.25) is 0 Å². The van der Waals surface area contributed by atoms with E-state index in [1.807, 2.05) is 58.0 Å². The Morgan fingerprint density at radius 1 is 1.19 bits per heavy atom. The minimum atomic E-state index is -1.01. The third-order valence-corrected chi connectivity index (χ3v) is 3.31. The number of nitrogens with zero attached hydrogens (tertiary/aromatic N) is 1. The Morgan fingerprint density at radius 3 is 2.14 bits per heavy atom. The summed E-state index contributed by atoms with van der Waals surface area (Å²) in [5.41, 5.74) is -0.573. The second-order valence-corrected chi connectivity index (χ2v) is 6.92. The van der Waals surface area contributed by atoms with Crippen molar-refractivity contribution in [2.75, 3.05) is 0 Å². The number of benzene rings is 1. The maximum Gasteiger partial charge on any atom is 0.410 e. The van der Waals surface area contributed by atoms with E-state index in [2.05, 4.69) is 0 Å². The average Bonchev–Trinajstić information content (AvgIpc) is 2.33. The van der Waals surface area contributed by atoms with Crippen LogP contribution in [0.3, 0.4) is 0 Å². The fourth-order valence-corrected chi connectivity index (χ4v) is 1.84. The van der Waals surface area contributed by atoms with E-state index in [0.29, 0.717) is 6.54 Å². The molecule has 0 aliphatic carbocycles. The van der Waals surface area contributed by atoms with Gasteiger partial charge in [0.1, 0.15) is 5.60 Å². The number of hydrogen-bond donors (Lipinski definition) is 1. The SMILES string of the molecule is CC(N(Cc1ccccc1)C(=O)OC(C)(C)C)C(C)(C)O. The van der Waals surface area contributed by atoms with Crippen LogP contribution in [-0.4, -0.2) is 33.3 Å². The predicted molar refractivity (Wildman–Crippen MR) is 84.0 cm³/mol. The van der Waals surface area contributed by atoms with Crippen molar-refractivity contribution in [2.24, 2.45) is 0 Å². The quantitative estimate of drug-likeness (QED) is 0.923. The van der Waals surface area contributed by atoms with Gasteiger partial charge in [-0.2, -0.15) is 0 Å². The van der Waals surface area contributed by atoms with Gasteiger partial charge in [-0.3, -0.25) is 4.90 Å². The van der Waals surface area contributed by atoms with Crippen LogP contribution >= 0.6 is 0 Å². The van der Waals surface area contributed by atoms with Gasteiger partial charge < -0.3 is 9.84 Å². The molecular weight excluding hydrogens is 266 g/mol. The van der Waals surface area contributed by atoms with Gasteiger partial charge in [0.25, 0.3) is 0 Å². The van der Waals surface area contributed by atoms with E-state index in [1.54, 1.807) is 18.7 Å². The smallest absolute Gasteiger partial charge is 0.410 e. The van der Waals surface area contributed by atoms with Crippen molar-refractivity contribution in [1.82, 2.24) is 4.90 Å². The van der Waals surface area contributed by atoms with Crippen LogP contribution in [0.15, 0.2) is 30.3 Å². The Bertz CT molecular complexity index is 457. The molecule has 0 aliphatic rings. The lowest BCUT2D eigenvalue weighted by Crippen LogP contribution is -2.51. The molecule has 1 aromatic rings. The molecule has 1 rings (SSSR count). The number of aliphatic hydroxyl groups is 1. The lowest BCUT2D eigenvalue weighted by molar-refractivity contribution is -0.0347. The van der Waals surface area contributed by atoms with Crippen LogP contribution in [0.4, 0.5) is 4.79 Å². The van der Waals surface area contributed by atoms with Crippen LogP contribution in [-0.2, 0) is 11.3 Å². The molecule has 1 atom stereocenters. The van der Waals surface area contributed by atoms with Gasteiger partial charge in [-0.15, -0.1) is 0 Å². The van der Waals surface area contributed by atoms with Gasteiger partial charge >= 0.3 is 6.09 Å². The second kappa shape index (κ2) is 6.48. The van der Waals surface area contributed by atoms with E-state index >= 15 is 0 Å². The van der Waals surface area contributed by atoms with Gasteiger partial charge in [0.15, 0.2) is 0 Å². The molecule has 0 heterocycles. The highest BCUT2D eigenvalue weighted by molar-refractivity contribution is 5.68. The molecule has 0 fully saturated rings. The zero-order valence-corrected chi connectivity index (χ0v) is 13.9. The van der Waals surface area contributed by atoms with Crippen molar-refractivity contribution in [2.45, 2.75) is 65.3 Å². The van der Waals surface area contributed by atoms with Gasteiger partial charge in [0, 0.05) is 6.54 Å². The molecule has 1 aromatic carbocycles. The Kier molecular flexibility index (Phi) is 5.40. The predicted octanol–water partition coefficient (Wildman–Crippen LogP) is 3.58. The van der Waals surface area contributed by atoms with Crippen LogP contribution in [0.1, 0.15) is 47.1 Å². The summed E-state index contributed by atoms with van der Waals surface area (Å²) in [6.45, 7) is 11.1. The monoisotopic (exact) mass is 293 g/mol. The first-order valence-corrected chi connectivity index (χ1v) is 7.26. The van der Waals surface area contributed by atoms with Gasteiger partial charge in [-0.25, -0.2) is 4.79 Å². The Balaban J connectivity index is 2.97. The lowest BCUT2D eigenvalue weighted by atomic mass is 9.99. The number of carbonyl (C=O) groups excluding carboxylic acids is 1. The molecule has 1 unspecified atom stereocenters. The van der Waals surface area contributed by atoms with Crippen LogP contribution in [0, 0.1) is 0 Å². The lowest BCUT2D eigenvalue weighted by Gasteiger charge is -2.37. The molecule has 118 valence electrons. The number of ether oxygens (including phenoxy) is 1. The molecule has 1 amide bonds. The van der Waals surface area contributed by atoms with Crippen LogP contribution in [0.2, 0.25) is 0 Å². The first-order valence-electron chi connectivity index (χ1n) is 7.26. The molecule has 4 heteroatoms. The average molecular weight is 293 g/mol. The standard InChI is InChI=1S/C17H27NO3/c1-13(17(5,6)20)18(15(19)21-16(2,3)4)12-14-10-8-7-9-11-14/h7-11,13,20H,12H2,1-6H3. The third kappa shape index (κ3) is 5.76. The van der Waals surface area contributed by atoms with Crippen molar-refractivity contribution >= 4 is 6.09 Å². The second-order valence-electron chi connectivity index (χ2n) is 6.92. The summed E-state index contributed by atoms with van der Waals surface area (Å²) in [6, 6.07) is 9.32. The molecule has 0 bridgehead atoms. The number of carbonyl (C=O) groups is 1.